The quantitative estimate of drug-likeness (QED) is 0.823. The van der Waals surface area contributed by atoms with Gasteiger partial charge in [-0.3, -0.25) is 0 Å². The number of nitrogens with two attached hydrogens (primary N) is 1. The second-order valence-electron chi connectivity index (χ2n) is 3.89. The van der Waals surface area contributed by atoms with Crippen molar-refractivity contribution < 1.29 is 0 Å². The zero-order valence-corrected chi connectivity index (χ0v) is 13.7. The summed E-state index contributed by atoms with van der Waals surface area (Å²) in [4.78, 5) is 5.50. The highest BCUT2D eigenvalue weighted by atomic mass is 79.9. The third kappa shape index (κ3) is 3.57. The maximum Gasteiger partial charge on any atom is 0.101 e. The van der Waals surface area contributed by atoms with Crippen LogP contribution in [-0.2, 0) is 0 Å². The predicted octanol–water partition coefficient (Wildman–Crippen LogP) is 4.78. The average Bonchev–Trinajstić information content (AvgIpc) is 2.34. The van der Waals surface area contributed by atoms with E-state index in [1.54, 1.807) is 18.0 Å². The molecule has 0 aliphatic heterocycles. The Kier molecular flexibility index (Phi) is 4.84. The molecule has 0 aliphatic rings. The first kappa shape index (κ1) is 14.1. The number of aromatic nitrogens is 1. The Morgan fingerprint density at radius 2 is 1.89 bits per heavy atom. The summed E-state index contributed by atoms with van der Waals surface area (Å²) < 4.78 is 2.03. The average molecular weight is 388 g/mol. The summed E-state index contributed by atoms with van der Waals surface area (Å²) in [6, 6.07) is 10.1. The number of nitrogens with zero attached hydrogens (tertiary/aromatic N) is 1. The monoisotopic (exact) mass is 386 g/mol. The molecule has 1 aromatic carbocycles. The molecule has 0 bridgehead atoms. The van der Waals surface area contributed by atoms with Crippen LogP contribution in [-0.4, -0.2) is 4.98 Å². The highest BCUT2D eigenvalue weighted by Crippen LogP contribution is 2.33. The fraction of sp³-hybridized carbons (Fsp3) is 0.154. The van der Waals surface area contributed by atoms with E-state index >= 15 is 0 Å². The lowest BCUT2D eigenvalue weighted by molar-refractivity contribution is 0.796. The highest BCUT2D eigenvalue weighted by molar-refractivity contribution is 9.10. The van der Waals surface area contributed by atoms with Gasteiger partial charge in [0, 0.05) is 26.1 Å². The van der Waals surface area contributed by atoms with Crippen LogP contribution in [0.25, 0.3) is 0 Å². The van der Waals surface area contributed by atoms with Crippen LogP contribution in [0.5, 0.6) is 0 Å². The van der Waals surface area contributed by atoms with Gasteiger partial charge in [-0.15, -0.1) is 0 Å². The van der Waals surface area contributed by atoms with Crippen molar-refractivity contribution in [3.63, 3.8) is 0 Å². The Balaban J connectivity index is 2.31. The highest BCUT2D eigenvalue weighted by Gasteiger charge is 2.09. The van der Waals surface area contributed by atoms with Gasteiger partial charge in [0.1, 0.15) is 5.03 Å². The van der Waals surface area contributed by atoms with Gasteiger partial charge in [0.15, 0.2) is 0 Å². The first-order valence-electron chi connectivity index (χ1n) is 5.40. The molecule has 1 atom stereocenters. The van der Waals surface area contributed by atoms with Gasteiger partial charge in [-0.1, -0.05) is 27.7 Å². The molecule has 94 valence electrons. The molecule has 0 saturated carbocycles. The lowest BCUT2D eigenvalue weighted by Gasteiger charge is -2.12. The smallest absolute Gasteiger partial charge is 0.101 e. The fourth-order valence-corrected chi connectivity index (χ4v) is 3.08. The molecule has 1 heterocycles. The minimum absolute atomic E-state index is 0.000415. The molecular formula is C13H12Br2N2S. The van der Waals surface area contributed by atoms with Crippen molar-refractivity contribution in [1.29, 1.82) is 0 Å². The zero-order chi connectivity index (χ0) is 13.1. The third-order valence-corrected chi connectivity index (χ3v) is 4.38. The fourth-order valence-electron chi connectivity index (χ4n) is 1.50. The number of hydrogen-bond acceptors (Lipinski definition) is 3. The Morgan fingerprint density at radius 3 is 2.50 bits per heavy atom. The van der Waals surface area contributed by atoms with Gasteiger partial charge in [-0.2, -0.15) is 0 Å². The Hall–Kier alpha value is -0.360. The van der Waals surface area contributed by atoms with Gasteiger partial charge in [-0.25, -0.2) is 4.98 Å². The summed E-state index contributed by atoms with van der Waals surface area (Å²) >= 11 is 8.48. The van der Waals surface area contributed by atoms with Crippen LogP contribution in [0.15, 0.2) is 55.4 Å². The summed E-state index contributed by atoms with van der Waals surface area (Å²) in [6.07, 6.45) is 1.80. The molecule has 1 unspecified atom stereocenters. The number of pyridine rings is 1. The zero-order valence-electron chi connectivity index (χ0n) is 9.73. The van der Waals surface area contributed by atoms with Crippen LogP contribution in [0.2, 0.25) is 0 Å². The van der Waals surface area contributed by atoms with Crippen molar-refractivity contribution in [3.8, 4) is 0 Å². The van der Waals surface area contributed by atoms with Gasteiger partial charge < -0.3 is 5.73 Å². The third-order valence-electron chi connectivity index (χ3n) is 2.38. The van der Waals surface area contributed by atoms with Gasteiger partial charge in [0.05, 0.1) is 0 Å². The molecule has 0 amide bonds. The van der Waals surface area contributed by atoms with Gasteiger partial charge >= 0.3 is 0 Å². The first-order valence-corrected chi connectivity index (χ1v) is 7.81. The molecular weight excluding hydrogens is 376 g/mol. The molecule has 1 aromatic heterocycles. The SMILES string of the molecule is CC(N)c1cc(Br)ccc1Sc1ccc(Br)cn1. The standard InChI is InChI=1S/C13H12Br2N2S/c1-8(16)11-6-9(14)2-4-12(11)18-13-5-3-10(15)7-17-13/h2-8H,16H2,1H3. The summed E-state index contributed by atoms with van der Waals surface area (Å²) in [7, 11) is 0. The van der Waals surface area contributed by atoms with E-state index in [4.69, 9.17) is 5.73 Å². The molecule has 2 nitrogen and oxygen atoms in total. The second kappa shape index (κ2) is 6.19. The molecule has 0 radical (unpaired) electrons. The largest absolute Gasteiger partial charge is 0.324 e. The van der Waals surface area contributed by atoms with Crippen molar-refractivity contribution in [2.24, 2.45) is 5.73 Å². The molecule has 0 spiro atoms. The number of halogens is 2. The Labute approximate surface area is 128 Å². The van der Waals surface area contributed by atoms with Crippen LogP contribution in [0.3, 0.4) is 0 Å². The topological polar surface area (TPSA) is 38.9 Å². The van der Waals surface area contributed by atoms with Crippen LogP contribution < -0.4 is 5.73 Å². The number of rotatable bonds is 3. The predicted molar refractivity (Wildman–Crippen MR) is 82.8 cm³/mol. The van der Waals surface area contributed by atoms with E-state index in [9.17, 15) is 0 Å². The molecule has 0 saturated heterocycles. The van der Waals surface area contributed by atoms with Gasteiger partial charge in [0.25, 0.3) is 0 Å². The lowest BCUT2D eigenvalue weighted by Crippen LogP contribution is -2.06. The number of benzene rings is 1. The van der Waals surface area contributed by atoms with E-state index < -0.39 is 0 Å². The summed E-state index contributed by atoms with van der Waals surface area (Å²) in [5.41, 5.74) is 7.12. The molecule has 18 heavy (non-hydrogen) atoms. The van der Waals surface area contributed by atoms with Crippen molar-refractivity contribution >= 4 is 43.6 Å². The van der Waals surface area contributed by atoms with E-state index in [-0.39, 0.29) is 6.04 Å². The van der Waals surface area contributed by atoms with E-state index in [1.807, 2.05) is 25.1 Å². The minimum atomic E-state index is 0.000415. The number of hydrogen-bond donors (Lipinski definition) is 1. The summed E-state index contributed by atoms with van der Waals surface area (Å²) in [6.45, 7) is 1.99. The minimum Gasteiger partial charge on any atom is -0.324 e. The maximum atomic E-state index is 6.00. The van der Waals surface area contributed by atoms with Crippen molar-refractivity contribution in [3.05, 3.63) is 51.0 Å². The van der Waals surface area contributed by atoms with Crippen LogP contribution in [0, 0.1) is 0 Å². The van der Waals surface area contributed by atoms with Gasteiger partial charge in [0.2, 0.25) is 0 Å². The molecule has 2 aromatic rings. The summed E-state index contributed by atoms with van der Waals surface area (Å²) in [5.74, 6) is 0. The molecule has 5 heteroatoms. The second-order valence-corrected chi connectivity index (χ2v) is 6.78. The molecule has 2 rings (SSSR count). The van der Waals surface area contributed by atoms with Crippen molar-refractivity contribution in [2.45, 2.75) is 22.9 Å². The van der Waals surface area contributed by atoms with E-state index in [0.717, 1.165) is 24.4 Å². The van der Waals surface area contributed by atoms with E-state index in [1.165, 1.54) is 0 Å². The van der Waals surface area contributed by atoms with E-state index in [2.05, 4.69) is 49.0 Å². The molecule has 2 N–H and O–H groups in total. The molecule has 0 fully saturated rings. The van der Waals surface area contributed by atoms with Gasteiger partial charge in [-0.05, 0) is 58.7 Å². The van der Waals surface area contributed by atoms with Crippen molar-refractivity contribution in [2.75, 3.05) is 0 Å². The summed E-state index contributed by atoms with van der Waals surface area (Å²) in [5, 5.41) is 0.961. The lowest BCUT2D eigenvalue weighted by atomic mass is 10.1. The normalized spacial score (nSPS) is 12.4. The Morgan fingerprint density at radius 1 is 1.17 bits per heavy atom. The molecule has 0 aliphatic carbocycles. The van der Waals surface area contributed by atoms with Crippen LogP contribution >= 0.6 is 43.6 Å². The van der Waals surface area contributed by atoms with E-state index in [0.29, 0.717) is 0 Å². The van der Waals surface area contributed by atoms with Crippen molar-refractivity contribution in [1.82, 2.24) is 4.98 Å². The first-order chi connectivity index (χ1) is 8.56. The van der Waals surface area contributed by atoms with Crippen LogP contribution in [0.1, 0.15) is 18.5 Å². The Bertz CT molecular complexity index is 541. The maximum absolute atomic E-state index is 6.00. The van der Waals surface area contributed by atoms with Crippen LogP contribution in [0.4, 0.5) is 0 Å².